The number of carbonyl (C=O) groups is 1. The van der Waals surface area contributed by atoms with Gasteiger partial charge in [-0.25, -0.2) is 4.79 Å². The van der Waals surface area contributed by atoms with Crippen LogP contribution in [-0.2, 0) is 4.74 Å². The predicted octanol–water partition coefficient (Wildman–Crippen LogP) is 7.05. The Morgan fingerprint density at radius 1 is 0.821 bits per heavy atom. The molecule has 2 aromatic rings. The second kappa shape index (κ2) is 12.2. The standard InChI is InChI=1S/C25H34O3/c1-4-6-7-8-9-19-27-24-17-15-22(16-18-24)21-11-13-23(14-12-21)25(26)28-20(3)10-5-2/h11-18,20H,4-10,19H2,1-3H3. The molecule has 0 amide bonds. The Hall–Kier alpha value is -2.29. The number of carbonyl (C=O) groups excluding carboxylic acids is 1. The van der Waals surface area contributed by atoms with Gasteiger partial charge in [0.1, 0.15) is 5.75 Å². The third-order valence-electron chi connectivity index (χ3n) is 4.83. The number of benzene rings is 2. The molecule has 0 bridgehead atoms. The first-order chi connectivity index (χ1) is 13.6. The van der Waals surface area contributed by atoms with Crippen LogP contribution in [0.15, 0.2) is 48.5 Å². The number of hydrogen-bond acceptors (Lipinski definition) is 3. The van der Waals surface area contributed by atoms with Crippen molar-refractivity contribution in [2.24, 2.45) is 0 Å². The first-order valence-corrected chi connectivity index (χ1v) is 10.7. The molecule has 3 heteroatoms. The third-order valence-corrected chi connectivity index (χ3v) is 4.83. The minimum Gasteiger partial charge on any atom is -0.494 e. The summed E-state index contributed by atoms with van der Waals surface area (Å²) in [7, 11) is 0. The molecule has 0 saturated heterocycles. The molecule has 2 rings (SSSR count). The van der Waals surface area contributed by atoms with E-state index in [2.05, 4.69) is 26.0 Å². The van der Waals surface area contributed by atoms with Crippen LogP contribution in [0.4, 0.5) is 0 Å². The van der Waals surface area contributed by atoms with E-state index in [-0.39, 0.29) is 12.1 Å². The monoisotopic (exact) mass is 382 g/mol. The van der Waals surface area contributed by atoms with Crippen molar-refractivity contribution < 1.29 is 14.3 Å². The van der Waals surface area contributed by atoms with Crippen molar-refractivity contribution in [2.45, 2.75) is 71.8 Å². The molecule has 152 valence electrons. The van der Waals surface area contributed by atoms with E-state index in [1.807, 2.05) is 43.3 Å². The zero-order valence-electron chi connectivity index (χ0n) is 17.6. The number of esters is 1. The van der Waals surface area contributed by atoms with E-state index < -0.39 is 0 Å². The van der Waals surface area contributed by atoms with Crippen molar-refractivity contribution in [1.82, 2.24) is 0 Å². The molecule has 0 aliphatic heterocycles. The summed E-state index contributed by atoms with van der Waals surface area (Å²) in [5.74, 6) is 0.652. The fourth-order valence-corrected chi connectivity index (χ4v) is 3.15. The first kappa shape index (κ1) is 22.0. The molecule has 0 heterocycles. The zero-order valence-corrected chi connectivity index (χ0v) is 17.6. The quantitative estimate of drug-likeness (QED) is 0.291. The van der Waals surface area contributed by atoms with Gasteiger partial charge in [0, 0.05) is 0 Å². The molecule has 28 heavy (non-hydrogen) atoms. The van der Waals surface area contributed by atoms with E-state index in [0.717, 1.165) is 42.7 Å². The molecule has 1 atom stereocenters. The van der Waals surface area contributed by atoms with Crippen LogP contribution in [0.3, 0.4) is 0 Å². The third kappa shape index (κ3) is 7.38. The van der Waals surface area contributed by atoms with Gasteiger partial charge >= 0.3 is 5.97 Å². The SMILES string of the molecule is CCCCCCCOc1ccc(-c2ccc(C(=O)OC(C)CCC)cc2)cc1. The fraction of sp³-hybridized carbons (Fsp3) is 0.480. The van der Waals surface area contributed by atoms with Crippen LogP contribution in [0.5, 0.6) is 5.75 Å². The summed E-state index contributed by atoms with van der Waals surface area (Å²) < 4.78 is 11.3. The van der Waals surface area contributed by atoms with Crippen LogP contribution >= 0.6 is 0 Å². The molecule has 2 aromatic carbocycles. The van der Waals surface area contributed by atoms with Crippen LogP contribution < -0.4 is 4.74 Å². The van der Waals surface area contributed by atoms with E-state index in [1.165, 1.54) is 25.7 Å². The van der Waals surface area contributed by atoms with Gasteiger partial charge in [-0.3, -0.25) is 0 Å². The van der Waals surface area contributed by atoms with Crippen LogP contribution in [0.1, 0.15) is 76.1 Å². The fourth-order valence-electron chi connectivity index (χ4n) is 3.15. The smallest absolute Gasteiger partial charge is 0.338 e. The summed E-state index contributed by atoms with van der Waals surface area (Å²) in [5.41, 5.74) is 2.77. The molecular formula is C25H34O3. The number of unbranched alkanes of at least 4 members (excludes halogenated alkanes) is 4. The maximum Gasteiger partial charge on any atom is 0.338 e. The van der Waals surface area contributed by atoms with Crippen LogP contribution in [0, 0.1) is 0 Å². The minimum atomic E-state index is -0.254. The van der Waals surface area contributed by atoms with Gasteiger partial charge in [-0.1, -0.05) is 70.2 Å². The Morgan fingerprint density at radius 2 is 1.43 bits per heavy atom. The Kier molecular flexibility index (Phi) is 9.61. The van der Waals surface area contributed by atoms with E-state index in [9.17, 15) is 4.79 Å². The molecule has 0 saturated carbocycles. The van der Waals surface area contributed by atoms with Crippen LogP contribution in [0.25, 0.3) is 11.1 Å². The molecule has 0 radical (unpaired) electrons. The predicted molar refractivity (Wildman–Crippen MR) is 116 cm³/mol. The van der Waals surface area contributed by atoms with Gasteiger partial charge in [0.15, 0.2) is 0 Å². The highest BCUT2D eigenvalue weighted by molar-refractivity contribution is 5.90. The summed E-state index contributed by atoms with van der Waals surface area (Å²) in [4.78, 5) is 12.2. The van der Waals surface area contributed by atoms with E-state index in [4.69, 9.17) is 9.47 Å². The normalized spacial score (nSPS) is 11.8. The lowest BCUT2D eigenvalue weighted by atomic mass is 10.0. The van der Waals surface area contributed by atoms with Crippen molar-refractivity contribution in [3.05, 3.63) is 54.1 Å². The van der Waals surface area contributed by atoms with Crippen molar-refractivity contribution >= 4 is 5.97 Å². The van der Waals surface area contributed by atoms with Crippen molar-refractivity contribution in [3.8, 4) is 16.9 Å². The Morgan fingerprint density at radius 3 is 2.04 bits per heavy atom. The molecule has 1 unspecified atom stereocenters. The number of rotatable bonds is 12. The van der Waals surface area contributed by atoms with Crippen LogP contribution in [0.2, 0.25) is 0 Å². The van der Waals surface area contributed by atoms with E-state index in [1.54, 1.807) is 0 Å². The van der Waals surface area contributed by atoms with E-state index >= 15 is 0 Å². The molecule has 0 spiro atoms. The van der Waals surface area contributed by atoms with Crippen LogP contribution in [-0.4, -0.2) is 18.7 Å². The summed E-state index contributed by atoms with van der Waals surface area (Å²) in [6.07, 6.45) is 8.05. The topological polar surface area (TPSA) is 35.5 Å². The minimum absolute atomic E-state index is 0.0450. The highest BCUT2D eigenvalue weighted by atomic mass is 16.5. The molecule has 0 fully saturated rings. The largest absolute Gasteiger partial charge is 0.494 e. The Bertz CT molecular complexity index is 689. The van der Waals surface area contributed by atoms with Crippen molar-refractivity contribution in [1.29, 1.82) is 0 Å². The molecule has 0 aliphatic rings. The molecule has 0 aliphatic carbocycles. The van der Waals surface area contributed by atoms with Crippen molar-refractivity contribution in [3.63, 3.8) is 0 Å². The summed E-state index contributed by atoms with van der Waals surface area (Å²) >= 11 is 0. The highest BCUT2D eigenvalue weighted by Crippen LogP contribution is 2.23. The van der Waals surface area contributed by atoms with Gasteiger partial charge < -0.3 is 9.47 Å². The van der Waals surface area contributed by atoms with Gasteiger partial charge in [-0.15, -0.1) is 0 Å². The van der Waals surface area contributed by atoms with Gasteiger partial charge in [-0.05, 0) is 55.2 Å². The second-order valence-corrected chi connectivity index (χ2v) is 7.37. The number of ether oxygens (including phenoxy) is 2. The van der Waals surface area contributed by atoms with E-state index in [0.29, 0.717) is 5.56 Å². The van der Waals surface area contributed by atoms with Gasteiger partial charge in [0.05, 0.1) is 18.3 Å². The molecule has 0 N–H and O–H groups in total. The summed E-state index contributed by atoms with van der Waals surface area (Å²) in [5, 5.41) is 0. The zero-order chi connectivity index (χ0) is 20.2. The lowest BCUT2D eigenvalue weighted by molar-refractivity contribution is 0.0323. The summed E-state index contributed by atoms with van der Waals surface area (Å²) in [6.45, 7) is 7.02. The Balaban J connectivity index is 1.85. The van der Waals surface area contributed by atoms with Gasteiger partial charge in [-0.2, -0.15) is 0 Å². The van der Waals surface area contributed by atoms with Gasteiger partial charge in [0.25, 0.3) is 0 Å². The lowest BCUT2D eigenvalue weighted by Gasteiger charge is -2.12. The lowest BCUT2D eigenvalue weighted by Crippen LogP contribution is -2.14. The maximum absolute atomic E-state index is 12.2. The summed E-state index contributed by atoms with van der Waals surface area (Å²) in [6, 6.07) is 15.7. The molecule has 0 aromatic heterocycles. The second-order valence-electron chi connectivity index (χ2n) is 7.37. The average Bonchev–Trinajstić information content (AvgIpc) is 2.71. The number of hydrogen-bond donors (Lipinski definition) is 0. The first-order valence-electron chi connectivity index (χ1n) is 10.7. The van der Waals surface area contributed by atoms with Gasteiger partial charge in [0.2, 0.25) is 0 Å². The average molecular weight is 383 g/mol. The maximum atomic E-state index is 12.2. The molecular weight excluding hydrogens is 348 g/mol. The highest BCUT2D eigenvalue weighted by Gasteiger charge is 2.11. The Labute approximate surface area is 170 Å². The molecule has 3 nitrogen and oxygen atoms in total. The van der Waals surface area contributed by atoms with Crippen molar-refractivity contribution in [2.75, 3.05) is 6.61 Å².